The molecule has 0 saturated carbocycles. The number of non-ortho nitro benzene ring substituents is 1. The Morgan fingerprint density at radius 3 is 2.96 bits per heavy atom. The zero-order valence-electron chi connectivity index (χ0n) is 14.9. The van der Waals surface area contributed by atoms with Crippen molar-refractivity contribution in [2.75, 3.05) is 19.7 Å². The van der Waals surface area contributed by atoms with Crippen molar-refractivity contribution in [1.82, 2.24) is 9.88 Å². The van der Waals surface area contributed by atoms with Crippen molar-refractivity contribution < 1.29 is 9.66 Å². The van der Waals surface area contributed by atoms with Crippen LogP contribution in [0.3, 0.4) is 0 Å². The summed E-state index contributed by atoms with van der Waals surface area (Å²) in [7, 11) is 0. The zero-order chi connectivity index (χ0) is 18.2. The Hall–Kier alpha value is -2.47. The molecule has 1 aliphatic heterocycles. The van der Waals surface area contributed by atoms with Crippen molar-refractivity contribution in [3.05, 3.63) is 64.5 Å². The van der Waals surface area contributed by atoms with Crippen LogP contribution in [-0.4, -0.2) is 34.5 Å². The van der Waals surface area contributed by atoms with Gasteiger partial charge in [-0.2, -0.15) is 0 Å². The topological polar surface area (TPSA) is 68.5 Å². The average Bonchev–Trinajstić information content (AvgIpc) is 2.69. The molecule has 0 amide bonds. The number of ether oxygens (including phenoxy) is 1. The predicted octanol–water partition coefficient (Wildman–Crippen LogP) is 4.38. The Labute approximate surface area is 154 Å². The van der Waals surface area contributed by atoms with Crippen molar-refractivity contribution in [2.24, 2.45) is 0 Å². The molecule has 1 aliphatic rings. The number of benzene rings is 1. The molecule has 2 heterocycles. The first-order chi connectivity index (χ1) is 12.7. The van der Waals surface area contributed by atoms with Gasteiger partial charge >= 0.3 is 0 Å². The van der Waals surface area contributed by atoms with Gasteiger partial charge in [0.15, 0.2) is 0 Å². The molecule has 0 aliphatic carbocycles. The number of likely N-dealkylation sites (tertiary alicyclic amines) is 1. The molecule has 6 nitrogen and oxygen atoms in total. The van der Waals surface area contributed by atoms with Gasteiger partial charge in [-0.25, -0.2) is 0 Å². The average molecular weight is 355 g/mol. The van der Waals surface area contributed by atoms with E-state index < -0.39 is 4.92 Å². The van der Waals surface area contributed by atoms with Gasteiger partial charge in [-0.05, 0) is 56.5 Å². The molecule has 0 unspecified atom stereocenters. The first-order valence-electron chi connectivity index (χ1n) is 9.25. The van der Waals surface area contributed by atoms with Crippen molar-refractivity contribution in [3.8, 4) is 5.75 Å². The normalized spacial score (nSPS) is 17.8. The van der Waals surface area contributed by atoms with Gasteiger partial charge in [0.2, 0.25) is 0 Å². The predicted molar refractivity (Wildman–Crippen MR) is 100 cm³/mol. The van der Waals surface area contributed by atoms with Gasteiger partial charge in [0.1, 0.15) is 5.75 Å². The lowest BCUT2D eigenvalue weighted by molar-refractivity contribution is -0.384. The maximum absolute atomic E-state index is 10.8. The number of nitro benzene ring substituents is 1. The quantitative estimate of drug-likeness (QED) is 0.399. The van der Waals surface area contributed by atoms with Gasteiger partial charge in [0, 0.05) is 24.5 Å². The lowest BCUT2D eigenvalue weighted by atomic mass is 9.96. The summed E-state index contributed by atoms with van der Waals surface area (Å²) in [5.41, 5.74) is 1.37. The molecule has 26 heavy (non-hydrogen) atoms. The van der Waals surface area contributed by atoms with Gasteiger partial charge in [-0.3, -0.25) is 20.0 Å². The summed E-state index contributed by atoms with van der Waals surface area (Å²) in [5, 5.41) is 10.8. The summed E-state index contributed by atoms with van der Waals surface area (Å²) in [6.45, 7) is 2.75. The Kier molecular flexibility index (Phi) is 6.55. The number of piperidine rings is 1. The standard InChI is InChI=1S/C20H25N3O3/c24-23(25)18-8-5-9-19(15-18)26-14-4-3-13-22-12-2-1-10-20(22)17-7-6-11-21-16-17/h5-9,11,15-16,20H,1-4,10,12-14H2/t20-/m1/s1. The monoisotopic (exact) mass is 355 g/mol. The van der Waals surface area contributed by atoms with E-state index in [0.717, 1.165) is 25.9 Å². The molecule has 138 valence electrons. The summed E-state index contributed by atoms with van der Waals surface area (Å²) in [5.74, 6) is 0.561. The molecule has 0 radical (unpaired) electrons. The van der Waals surface area contributed by atoms with Crippen LogP contribution in [0.2, 0.25) is 0 Å². The molecule has 6 heteroatoms. The fourth-order valence-electron chi connectivity index (χ4n) is 3.50. The van der Waals surface area contributed by atoms with E-state index in [-0.39, 0.29) is 5.69 Å². The third-order valence-electron chi connectivity index (χ3n) is 4.82. The minimum atomic E-state index is -0.401. The van der Waals surface area contributed by atoms with Crippen LogP contribution in [0.15, 0.2) is 48.8 Å². The van der Waals surface area contributed by atoms with E-state index in [2.05, 4.69) is 16.0 Å². The van der Waals surface area contributed by atoms with Crippen LogP contribution in [-0.2, 0) is 0 Å². The van der Waals surface area contributed by atoms with Gasteiger partial charge in [0.25, 0.3) is 5.69 Å². The Morgan fingerprint density at radius 2 is 2.15 bits per heavy atom. The molecule has 1 aromatic carbocycles. The highest BCUT2D eigenvalue weighted by Gasteiger charge is 2.23. The number of aromatic nitrogens is 1. The van der Waals surface area contributed by atoms with Crippen LogP contribution < -0.4 is 4.74 Å². The highest BCUT2D eigenvalue weighted by molar-refractivity contribution is 5.37. The van der Waals surface area contributed by atoms with E-state index in [9.17, 15) is 10.1 Å². The number of pyridine rings is 1. The molecule has 2 aromatic rings. The number of rotatable bonds is 8. The van der Waals surface area contributed by atoms with Crippen molar-refractivity contribution >= 4 is 5.69 Å². The SMILES string of the molecule is O=[N+]([O-])c1cccc(OCCCCN2CCCC[C@@H]2c2cccnc2)c1. The smallest absolute Gasteiger partial charge is 0.273 e. The fourth-order valence-corrected chi connectivity index (χ4v) is 3.50. The lowest BCUT2D eigenvalue weighted by Crippen LogP contribution is -2.34. The Morgan fingerprint density at radius 1 is 1.23 bits per heavy atom. The lowest BCUT2D eigenvalue weighted by Gasteiger charge is -2.35. The highest BCUT2D eigenvalue weighted by Crippen LogP contribution is 2.30. The number of nitrogens with zero attached hydrogens (tertiary/aromatic N) is 3. The van der Waals surface area contributed by atoms with E-state index >= 15 is 0 Å². The molecular weight excluding hydrogens is 330 g/mol. The molecule has 1 aromatic heterocycles. The van der Waals surface area contributed by atoms with Gasteiger partial charge < -0.3 is 4.74 Å². The second-order valence-corrected chi connectivity index (χ2v) is 6.64. The highest BCUT2D eigenvalue weighted by atomic mass is 16.6. The van der Waals surface area contributed by atoms with E-state index in [1.165, 1.54) is 37.0 Å². The molecule has 3 rings (SSSR count). The van der Waals surface area contributed by atoms with Crippen LogP contribution >= 0.6 is 0 Å². The molecule has 1 atom stereocenters. The molecule has 0 spiro atoms. The molecule has 1 saturated heterocycles. The first kappa shape index (κ1) is 18.3. The van der Waals surface area contributed by atoms with Gasteiger partial charge in [-0.1, -0.05) is 18.6 Å². The van der Waals surface area contributed by atoms with Crippen LogP contribution in [0.25, 0.3) is 0 Å². The number of unbranched alkanes of at least 4 members (excludes halogenated alkanes) is 1. The Balaban J connectivity index is 1.44. The molecule has 1 fully saturated rings. The second kappa shape index (κ2) is 9.29. The molecule has 0 N–H and O–H groups in total. The maximum Gasteiger partial charge on any atom is 0.273 e. The van der Waals surface area contributed by atoms with Crippen molar-refractivity contribution in [1.29, 1.82) is 0 Å². The fraction of sp³-hybridized carbons (Fsp3) is 0.450. The minimum absolute atomic E-state index is 0.0649. The van der Waals surface area contributed by atoms with Crippen LogP contribution in [0.1, 0.15) is 43.7 Å². The number of nitro groups is 1. The van der Waals surface area contributed by atoms with E-state index in [4.69, 9.17) is 4.74 Å². The zero-order valence-corrected chi connectivity index (χ0v) is 14.9. The number of hydrogen-bond donors (Lipinski definition) is 0. The molecular formula is C20H25N3O3. The van der Waals surface area contributed by atoms with Gasteiger partial charge in [-0.15, -0.1) is 0 Å². The van der Waals surface area contributed by atoms with E-state index in [1.807, 2.05) is 18.5 Å². The Bertz CT molecular complexity index is 708. The largest absolute Gasteiger partial charge is 0.493 e. The van der Waals surface area contributed by atoms with Gasteiger partial charge in [0.05, 0.1) is 17.6 Å². The summed E-state index contributed by atoms with van der Waals surface area (Å²) in [6, 6.07) is 11.0. The summed E-state index contributed by atoms with van der Waals surface area (Å²) in [6.07, 6.45) is 9.49. The first-order valence-corrected chi connectivity index (χ1v) is 9.25. The second-order valence-electron chi connectivity index (χ2n) is 6.64. The maximum atomic E-state index is 10.8. The van der Waals surface area contributed by atoms with Crippen LogP contribution in [0.5, 0.6) is 5.75 Å². The van der Waals surface area contributed by atoms with Crippen LogP contribution in [0.4, 0.5) is 5.69 Å². The third kappa shape index (κ3) is 5.02. The number of hydrogen-bond acceptors (Lipinski definition) is 5. The summed E-state index contributed by atoms with van der Waals surface area (Å²) >= 11 is 0. The summed E-state index contributed by atoms with van der Waals surface area (Å²) < 4.78 is 5.66. The van der Waals surface area contributed by atoms with Crippen molar-refractivity contribution in [3.63, 3.8) is 0 Å². The third-order valence-corrected chi connectivity index (χ3v) is 4.82. The minimum Gasteiger partial charge on any atom is -0.493 e. The van der Waals surface area contributed by atoms with Crippen LogP contribution in [0, 0.1) is 10.1 Å². The molecule has 0 bridgehead atoms. The van der Waals surface area contributed by atoms with E-state index in [0.29, 0.717) is 18.4 Å². The van der Waals surface area contributed by atoms with Crippen molar-refractivity contribution in [2.45, 2.75) is 38.1 Å². The summed E-state index contributed by atoms with van der Waals surface area (Å²) in [4.78, 5) is 17.2. The van der Waals surface area contributed by atoms with E-state index in [1.54, 1.807) is 12.1 Å².